The lowest BCUT2D eigenvalue weighted by Gasteiger charge is -2.11. The zero-order valence-electron chi connectivity index (χ0n) is 12.1. The fraction of sp³-hybridized carbons (Fsp3) is 0.250. The Hall–Kier alpha value is -2.44. The summed E-state index contributed by atoms with van der Waals surface area (Å²) in [5.74, 6) is 1.50. The molecule has 2 N–H and O–H groups in total. The predicted molar refractivity (Wildman–Crippen MR) is 82.6 cm³/mol. The first-order chi connectivity index (χ1) is 10.9. The maximum Gasteiger partial charge on any atom is 0.233 e. The second-order valence-corrected chi connectivity index (χ2v) is 4.82. The summed E-state index contributed by atoms with van der Waals surface area (Å²) in [7, 11) is 0. The topological polar surface area (TPSA) is 71.7 Å². The van der Waals surface area contributed by atoms with Crippen LogP contribution < -0.4 is 10.1 Å². The normalized spacial score (nSPS) is 11.0. The van der Waals surface area contributed by atoms with Crippen molar-refractivity contribution in [2.75, 3.05) is 13.2 Å². The molecule has 0 unspecified atom stereocenters. The van der Waals surface area contributed by atoms with Crippen molar-refractivity contribution in [2.24, 2.45) is 0 Å². The van der Waals surface area contributed by atoms with Crippen LogP contribution in [0.5, 0.6) is 5.75 Å². The molecule has 3 aromatic rings. The molecule has 0 spiro atoms. The molecule has 0 aliphatic rings. The van der Waals surface area contributed by atoms with E-state index in [9.17, 15) is 0 Å². The predicted octanol–water partition coefficient (Wildman–Crippen LogP) is 1.39. The van der Waals surface area contributed by atoms with Gasteiger partial charge in [-0.1, -0.05) is 18.2 Å². The maximum absolute atomic E-state index is 8.86. The minimum Gasteiger partial charge on any atom is -0.491 e. The maximum atomic E-state index is 8.86. The molecule has 6 nitrogen and oxygen atoms in total. The van der Waals surface area contributed by atoms with E-state index in [0.29, 0.717) is 25.5 Å². The largest absolute Gasteiger partial charge is 0.491 e. The van der Waals surface area contributed by atoms with E-state index >= 15 is 0 Å². The average Bonchev–Trinajstić information content (AvgIpc) is 2.97. The number of rotatable bonds is 7. The first kappa shape index (κ1) is 14.5. The Kier molecular flexibility index (Phi) is 4.62. The Labute approximate surface area is 128 Å². The quantitative estimate of drug-likeness (QED) is 0.690. The molecule has 22 heavy (non-hydrogen) atoms. The molecule has 0 atom stereocenters. The molecule has 0 aliphatic heterocycles. The number of imidazole rings is 1. The highest BCUT2D eigenvalue weighted by atomic mass is 16.5. The second-order valence-electron chi connectivity index (χ2n) is 4.82. The van der Waals surface area contributed by atoms with Crippen LogP contribution in [0.3, 0.4) is 0 Å². The Morgan fingerprint density at radius 3 is 2.95 bits per heavy atom. The molecule has 6 heteroatoms. The number of hydrogen-bond donors (Lipinski definition) is 2. The van der Waals surface area contributed by atoms with Crippen LogP contribution in [0.2, 0.25) is 0 Å². The first-order valence-electron chi connectivity index (χ1n) is 7.17. The van der Waals surface area contributed by atoms with Gasteiger partial charge >= 0.3 is 0 Å². The van der Waals surface area contributed by atoms with Crippen molar-refractivity contribution < 1.29 is 9.84 Å². The van der Waals surface area contributed by atoms with Gasteiger partial charge in [0.25, 0.3) is 0 Å². The zero-order valence-corrected chi connectivity index (χ0v) is 12.1. The minimum atomic E-state index is 0.0105. The van der Waals surface area contributed by atoms with Gasteiger partial charge in [-0.3, -0.25) is 4.40 Å². The van der Waals surface area contributed by atoms with Crippen LogP contribution in [0.25, 0.3) is 5.78 Å². The van der Waals surface area contributed by atoms with Crippen LogP contribution in [0, 0.1) is 0 Å². The van der Waals surface area contributed by atoms with Crippen molar-refractivity contribution in [3.05, 3.63) is 60.2 Å². The molecular formula is C16H18N4O2. The van der Waals surface area contributed by atoms with Crippen LogP contribution in [0.4, 0.5) is 0 Å². The van der Waals surface area contributed by atoms with Gasteiger partial charge in [0, 0.05) is 31.0 Å². The Bertz CT molecular complexity index is 742. The molecular weight excluding hydrogens is 280 g/mol. The zero-order chi connectivity index (χ0) is 15.2. The number of aliphatic hydroxyl groups is 1. The third kappa shape index (κ3) is 3.24. The smallest absolute Gasteiger partial charge is 0.233 e. The van der Waals surface area contributed by atoms with Gasteiger partial charge in [-0.25, -0.2) is 9.97 Å². The number of fused-ring (bicyclic) bond motifs is 1. The van der Waals surface area contributed by atoms with Crippen molar-refractivity contribution >= 4 is 5.78 Å². The highest BCUT2D eigenvalue weighted by molar-refractivity contribution is 5.33. The van der Waals surface area contributed by atoms with Gasteiger partial charge in [0.15, 0.2) is 0 Å². The number of benzene rings is 1. The SMILES string of the molecule is OCCOc1ccccc1CNCc1cnc2ncccn12. The lowest BCUT2D eigenvalue weighted by molar-refractivity contribution is 0.200. The third-order valence-electron chi connectivity index (χ3n) is 3.31. The minimum absolute atomic E-state index is 0.0105. The summed E-state index contributed by atoms with van der Waals surface area (Å²) < 4.78 is 7.49. The highest BCUT2D eigenvalue weighted by Crippen LogP contribution is 2.17. The lowest BCUT2D eigenvalue weighted by atomic mass is 10.2. The van der Waals surface area contributed by atoms with Crippen molar-refractivity contribution in [3.63, 3.8) is 0 Å². The van der Waals surface area contributed by atoms with Crippen LogP contribution in [0.15, 0.2) is 48.9 Å². The molecule has 0 bridgehead atoms. The number of nitrogens with one attached hydrogen (secondary N) is 1. The van der Waals surface area contributed by atoms with E-state index in [1.807, 2.05) is 47.1 Å². The summed E-state index contributed by atoms with van der Waals surface area (Å²) in [6.45, 7) is 1.67. The summed E-state index contributed by atoms with van der Waals surface area (Å²) in [5, 5.41) is 12.2. The molecule has 3 rings (SSSR count). The Morgan fingerprint density at radius 2 is 2.05 bits per heavy atom. The Morgan fingerprint density at radius 1 is 1.14 bits per heavy atom. The summed E-state index contributed by atoms with van der Waals surface area (Å²) >= 11 is 0. The lowest BCUT2D eigenvalue weighted by Crippen LogP contribution is -2.15. The molecule has 0 fully saturated rings. The van der Waals surface area contributed by atoms with Gasteiger partial charge in [-0.2, -0.15) is 0 Å². The van der Waals surface area contributed by atoms with Gasteiger partial charge in [0.2, 0.25) is 5.78 Å². The van der Waals surface area contributed by atoms with E-state index in [0.717, 1.165) is 17.0 Å². The number of ether oxygens (including phenoxy) is 1. The van der Waals surface area contributed by atoms with E-state index < -0.39 is 0 Å². The summed E-state index contributed by atoms with van der Waals surface area (Å²) in [6.07, 6.45) is 5.50. The van der Waals surface area contributed by atoms with Gasteiger partial charge in [0.1, 0.15) is 12.4 Å². The molecule has 114 valence electrons. The summed E-state index contributed by atoms with van der Waals surface area (Å²) in [5.41, 5.74) is 2.11. The number of nitrogens with zero attached hydrogens (tertiary/aromatic N) is 3. The van der Waals surface area contributed by atoms with Gasteiger partial charge < -0.3 is 15.2 Å². The fourth-order valence-electron chi connectivity index (χ4n) is 2.28. The van der Waals surface area contributed by atoms with Crippen molar-refractivity contribution in [2.45, 2.75) is 13.1 Å². The highest BCUT2D eigenvalue weighted by Gasteiger charge is 2.05. The molecule has 0 amide bonds. The summed E-state index contributed by atoms with van der Waals surface area (Å²) in [4.78, 5) is 8.46. The summed E-state index contributed by atoms with van der Waals surface area (Å²) in [6, 6.07) is 9.70. The molecule has 1 aromatic carbocycles. The van der Waals surface area contributed by atoms with Crippen LogP contribution in [-0.2, 0) is 13.1 Å². The molecule has 2 aromatic heterocycles. The van der Waals surface area contributed by atoms with Crippen LogP contribution in [0.1, 0.15) is 11.3 Å². The monoisotopic (exact) mass is 298 g/mol. The molecule has 2 heterocycles. The first-order valence-corrected chi connectivity index (χ1v) is 7.17. The van der Waals surface area contributed by atoms with Crippen molar-refractivity contribution in [1.82, 2.24) is 19.7 Å². The third-order valence-corrected chi connectivity index (χ3v) is 3.31. The molecule has 0 saturated heterocycles. The molecule has 0 saturated carbocycles. The van der Waals surface area contributed by atoms with Gasteiger partial charge in [0.05, 0.1) is 18.5 Å². The van der Waals surface area contributed by atoms with Gasteiger partial charge in [-0.05, 0) is 12.1 Å². The number of hydrogen-bond acceptors (Lipinski definition) is 5. The number of aromatic nitrogens is 3. The molecule has 0 aliphatic carbocycles. The molecule has 0 radical (unpaired) electrons. The second kappa shape index (κ2) is 7.02. The number of para-hydroxylation sites is 1. The van der Waals surface area contributed by atoms with Crippen molar-refractivity contribution in [1.29, 1.82) is 0 Å². The fourth-order valence-corrected chi connectivity index (χ4v) is 2.28. The number of aliphatic hydroxyl groups excluding tert-OH is 1. The van der Waals surface area contributed by atoms with Crippen LogP contribution in [-0.4, -0.2) is 32.7 Å². The van der Waals surface area contributed by atoms with E-state index in [1.54, 1.807) is 6.20 Å². The average molecular weight is 298 g/mol. The van der Waals surface area contributed by atoms with E-state index in [2.05, 4.69) is 15.3 Å². The van der Waals surface area contributed by atoms with E-state index in [4.69, 9.17) is 9.84 Å². The van der Waals surface area contributed by atoms with Crippen molar-refractivity contribution in [3.8, 4) is 5.75 Å². The standard InChI is InChI=1S/C16H18N4O2/c21-8-9-22-15-5-2-1-4-13(15)10-17-11-14-12-19-16-18-6-3-7-20(14)16/h1-7,12,17,21H,8-11H2. The van der Waals surface area contributed by atoms with Crippen LogP contribution >= 0.6 is 0 Å². The van der Waals surface area contributed by atoms with Gasteiger partial charge in [-0.15, -0.1) is 0 Å². The Balaban J connectivity index is 1.63. The van der Waals surface area contributed by atoms with E-state index in [1.165, 1.54) is 0 Å². The van der Waals surface area contributed by atoms with E-state index in [-0.39, 0.29) is 6.61 Å².